The van der Waals surface area contributed by atoms with Crippen molar-refractivity contribution in [3.8, 4) is 0 Å². The quantitative estimate of drug-likeness (QED) is 0.623. The predicted molar refractivity (Wildman–Crippen MR) is 72.4 cm³/mol. The number of amides is 1. The first-order valence-electron chi connectivity index (χ1n) is 5.80. The predicted octanol–water partition coefficient (Wildman–Crippen LogP) is 1.91. The van der Waals surface area contributed by atoms with Gasteiger partial charge in [0.2, 0.25) is 5.78 Å². The Morgan fingerprint density at radius 2 is 1.94 bits per heavy atom. The van der Waals surface area contributed by atoms with E-state index in [4.69, 9.17) is 5.11 Å². The second-order valence-corrected chi connectivity index (χ2v) is 4.84. The van der Waals surface area contributed by atoms with E-state index in [0.717, 1.165) is 4.47 Å². The second kappa shape index (κ2) is 7.28. The molecule has 0 aliphatic heterocycles. The molecule has 0 aromatic heterocycles. The SMILES string of the molecule is CCC(CCO)NC(=O)C(=O)c1ccc(Br)cc1. The Hall–Kier alpha value is -1.20. The highest BCUT2D eigenvalue weighted by Gasteiger charge is 2.18. The molecule has 0 spiro atoms. The fraction of sp³-hybridized carbons (Fsp3) is 0.385. The lowest BCUT2D eigenvalue weighted by Crippen LogP contribution is -2.39. The molecule has 1 unspecified atom stereocenters. The van der Waals surface area contributed by atoms with Crippen molar-refractivity contribution in [1.29, 1.82) is 0 Å². The molecular formula is C13H16BrNO3. The van der Waals surface area contributed by atoms with Crippen LogP contribution in [0.15, 0.2) is 28.7 Å². The van der Waals surface area contributed by atoms with Crippen LogP contribution in [0.5, 0.6) is 0 Å². The van der Waals surface area contributed by atoms with Crippen molar-refractivity contribution in [2.75, 3.05) is 6.61 Å². The van der Waals surface area contributed by atoms with Crippen LogP contribution >= 0.6 is 15.9 Å². The molecular weight excluding hydrogens is 298 g/mol. The van der Waals surface area contributed by atoms with Crippen LogP contribution in [0.1, 0.15) is 30.1 Å². The number of benzene rings is 1. The van der Waals surface area contributed by atoms with Crippen molar-refractivity contribution < 1.29 is 14.7 Å². The van der Waals surface area contributed by atoms with E-state index in [1.165, 1.54) is 0 Å². The normalized spacial score (nSPS) is 11.9. The lowest BCUT2D eigenvalue weighted by atomic mass is 10.1. The van der Waals surface area contributed by atoms with Gasteiger partial charge in [-0.3, -0.25) is 9.59 Å². The first kappa shape index (κ1) is 14.9. The van der Waals surface area contributed by atoms with E-state index in [2.05, 4.69) is 21.2 Å². The van der Waals surface area contributed by atoms with Crippen molar-refractivity contribution in [2.24, 2.45) is 0 Å². The zero-order valence-corrected chi connectivity index (χ0v) is 11.7. The van der Waals surface area contributed by atoms with Crippen LogP contribution in [0.3, 0.4) is 0 Å². The molecule has 0 aliphatic carbocycles. The third-order valence-corrected chi connectivity index (χ3v) is 3.15. The Morgan fingerprint density at radius 3 is 2.44 bits per heavy atom. The summed E-state index contributed by atoms with van der Waals surface area (Å²) in [5, 5.41) is 11.4. The number of carbonyl (C=O) groups is 2. The number of hydrogen-bond donors (Lipinski definition) is 2. The Bertz CT molecular complexity index is 417. The summed E-state index contributed by atoms with van der Waals surface area (Å²) in [6, 6.07) is 6.46. The average Bonchev–Trinajstić information content (AvgIpc) is 2.38. The summed E-state index contributed by atoms with van der Waals surface area (Å²) in [5.74, 6) is -1.18. The number of rotatable bonds is 6. The summed E-state index contributed by atoms with van der Waals surface area (Å²) in [5.41, 5.74) is 0.356. The van der Waals surface area contributed by atoms with E-state index in [0.29, 0.717) is 18.4 Å². The zero-order chi connectivity index (χ0) is 13.5. The summed E-state index contributed by atoms with van der Waals surface area (Å²) in [4.78, 5) is 23.5. The standard InChI is InChI=1S/C13H16BrNO3/c1-2-11(7-8-16)15-13(18)12(17)9-3-5-10(14)6-4-9/h3-6,11,16H,2,7-8H2,1H3,(H,15,18). The number of aliphatic hydroxyl groups excluding tert-OH is 1. The molecule has 0 bridgehead atoms. The van der Waals surface area contributed by atoms with E-state index < -0.39 is 11.7 Å². The van der Waals surface area contributed by atoms with Gasteiger partial charge in [0.1, 0.15) is 0 Å². The van der Waals surface area contributed by atoms with Crippen molar-refractivity contribution in [3.05, 3.63) is 34.3 Å². The van der Waals surface area contributed by atoms with Gasteiger partial charge < -0.3 is 10.4 Å². The van der Waals surface area contributed by atoms with E-state index >= 15 is 0 Å². The molecule has 2 N–H and O–H groups in total. The van der Waals surface area contributed by atoms with Gasteiger partial charge in [-0.2, -0.15) is 0 Å². The maximum absolute atomic E-state index is 11.8. The van der Waals surface area contributed by atoms with Crippen LogP contribution in [0, 0.1) is 0 Å². The molecule has 0 saturated heterocycles. The highest BCUT2D eigenvalue weighted by atomic mass is 79.9. The summed E-state index contributed by atoms with van der Waals surface area (Å²) in [6.45, 7) is 1.88. The largest absolute Gasteiger partial charge is 0.396 e. The van der Waals surface area contributed by atoms with Gasteiger partial charge in [-0.1, -0.05) is 22.9 Å². The van der Waals surface area contributed by atoms with Gasteiger partial charge in [-0.05, 0) is 37.1 Å². The summed E-state index contributed by atoms with van der Waals surface area (Å²) in [7, 11) is 0. The maximum Gasteiger partial charge on any atom is 0.292 e. The number of hydrogen-bond acceptors (Lipinski definition) is 3. The third kappa shape index (κ3) is 4.23. The Balaban J connectivity index is 2.66. The first-order chi connectivity index (χ1) is 8.58. The lowest BCUT2D eigenvalue weighted by Gasteiger charge is -2.14. The Labute approximate surface area is 115 Å². The van der Waals surface area contributed by atoms with Gasteiger partial charge in [-0.25, -0.2) is 0 Å². The zero-order valence-electron chi connectivity index (χ0n) is 10.1. The number of Topliss-reactive ketones (excluding diaryl/α,β-unsaturated/α-hetero) is 1. The molecule has 0 radical (unpaired) electrons. The molecule has 98 valence electrons. The molecule has 4 nitrogen and oxygen atoms in total. The minimum absolute atomic E-state index is 0.00867. The van der Waals surface area contributed by atoms with E-state index in [1.54, 1.807) is 24.3 Å². The van der Waals surface area contributed by atoms with Crippen LogP contribution in [0.25, 0.3) is 0 Å². The summed E-state index contributed by atoms with van der Waals surface area (Å²) in [6.07, 6.45) is 1.13. The van der Waals surface area contributed by atoms with Crippen molar-refractivity contribution in [2.45, 2.75) is 25.8 Å². The van der Waals surface area contributed by atoms with Gasteiger partial charge in [-0.15, -0.1) is 0 Å². The van der Waals surface area contributed by atoms with E-state index in [-0.39, 0.29) is 12.6 Å². The topological polar surface area (TPSA) is 66.4 Å². The fourth-order valence-electron chi connectivity index (χ4n) is 1.52. The van der Waals surface area contributed by atoms with Crippen LogP contribution in [0.4, 0.5) is 0 Å². The van der Waals surface area contributed by atoms with Gasteiger partial charge in [0.05, 0.1) is 0 Å². The maximum atomic E-state index is 11.8. The van der Waals surface area contributed by atoms with Crippen LogP contribution < -0.4 is 5.32 Å². The van der Waals surface area contributed by atoms with Gasteiger partial charge >= 0.3 is 0 Å². The molecule has 0 fully saturated rings. The molecule has 0 saturated carbocycles. The number of carbonyl (C=O) groups excluding carboxylic acids is 2. The average molecular weight is 314 g/mol. The van der Waals surface area contributed by atoms with Crippen molar-refractivity contribution >= 4 is 27.6 Å². The van der Waals surface area contributed by atoms with Crippen LogP contribution in [-0.2, 0) is 4.79 Å². The van der Waals surface area contributed by atoms with Crippen LogP contribution in [-0.4, -0.2) is 29.4 Å². The minimum Gasteiger partial charge on any atom is -0.396 e. The molecule has 18 heavy (non-hydrogen) atoms. The van der Waals surface area contributed by atoms with Crippen molar-refractivity contribution in [1.82, 2.24) is 5.32 Å². The van der Waals surface area contributed by atoms with Crippen LogP contribution in [0.2, 0.25) is 0 Å². The van der Waals surface area contributed by atoms with E-state index in [1.807, 2.05) is 6.92 Å². The fourth-order valence-corrected chi connectivity index (χ4v) is 1.78. The van der Waals surface area contributed by atoms with E-state index in [9.17, 15) is 9.59 Å². The molecule has 1 rings (SSSR count). The molecule has 0 heterocycles. The number of halogens is 1. The number of nitrogens with one attached hydrogen (secondary N) is 1. The molecule has 1 amide bonds. The molecule has 1 aromatic carbocycles. The second-order valence-electron chi connectivity index (χ2n) is 3.93. The van der Waals surface area contributed by atoms with Gasteiger partial charge in [0.25, 0.3) is 5.91 Å². The highest BCUT2D eigenvalue weighted by Crippen LogP contribution is 2.11. The molecule has 5 heteroatoms. The van der Waals surface area contributed by atoms with Gasteiger partial charge in [0.15, 0.2) is 0 Å². The smallest absolute Gasteiger partial charge is 0.292 e. The minimum atomic E-state index is -0.627. The third-order valence-electron chi connectivity index (χ3n) is 2.62. The Kier molecular flexibility index (Phi) is 6.01. The first-order valence-corrected chi connectivity index (χ1v) is 6.59. The summed E-state index contributed by atoms with van der Waals surface area (Å²) >= 11 is 3.26. The molecule has 1 aromatic rings. The van der Waals surface area contributed by atoms with Crippen molar-refractivity contribution in [3.63, 3.8) is 0 Å². The monoisotopic (exact) mass is 313 g/mol. The highest BCUT2D eigenvalue weighted by molar-refractivity contribution is 9.10. The molecule has 1 atom stereocenters. The lowest BCUT2D eigenvalue weighted by molar-refractivity contribution is -0.117. The number of aliphatic hydroxyl groups is 1. The molecule has 0 aliphatic rings. The summed E-state index contributed by atoms with van der Waals surface area (Å²) < 4.78 is 0.853. The van der Waals surface area contributed by atoms with Gasteiger partial charge in [0, 0.05) is 22.7 Å². The Morgan fingerprint density at radius 1 is 1.33 bits per heavy atom. The number of ketones is 1.